The van der Waals surface area contributed by atoms with E-state index in [1.165, 1.54) is 29.1 Å². The molecule has 2 N–H and O–H groups in total. The van der Waals surface area contributed by atoms with Crippen LogP contribution in [0.4, 0.5) is 5.69 Å². The van der Waals surface area contributed by atoms with E-state index in [-0.39, 0.29) is 21.3 Å². The van der Waals surface area contributed by atoms with Gasteiger partial charge < -0.3 is 5.11 Å². The van der Waals surface area contributed by atoms with Gasteiger partial charge >= 0.3 is 5.97 Å². The zero-order valence-corrected chi connectivity index (χ0v) is 12.5. The summed E-state index contributed by atoms with van der Waals surface area (Å²) in [5.41, 5.74) is -0.0680. The Labute approximate surface area is 126 Å². The lowest BCUT2D eigenvalue weighted by atomic mass is 10.2. The molecule has 0 amide bonds. The molecular formula is C12H12ClN3O4S. The van der Waals surface area contributed by atoms with Gasteiger partial charge in [-0.25, -0.2) is 4.79 Å². The summed E-state index contributed by atoms with van der Waals surface area (Å²) < 4.78 is 28.1. The molecule has 0 bridgehead atoms. The minimum Gasteiger partial charge on any atom is -0.478 e. The number of carbonyl (C=O) groups is 1. The summed E-state index contributed by atoms with van der Waals surface area (Å²) in [6, 6.07) is 5.23. The van der Waals surface area contributed by atoms with E-state index in [2.05, 4.69) is 9.82 Å². The number of benzene rings is 1. The molecule has 0 saturated heterocycles. The van der Waals surface area contributed by atoms with Crippen molar-refractivity contribution in [1.82, 2.24) is 9.78 Å². The number of rotatable bonds is 5. The lowest BCUT2D eigenvalue weighted by Gasteiger charge is -2.10. The van der Waals surface area contributed by atoms with E-state index in [1.807, 2.05) is 0 Å². The van der Waals surface area contributed by atoms with Crippen LogP contribution in [0.1, 0.15) is 17.3 Å². The zero-order valence-electron chi connectivity index (χ0n) is 10.9. The normalized spacial score (nSPS) is 11.3. The molecule has 0 aliphatic heterocycles. The number of nitrogens with zero attached hydrogens (tertiary/aromatic N) is 2. The molecule has 0 aliphatic rings. The highest BCUT2D eigenvalue weighted by molar-refractivity contribution is 7.92. The maximum Gasteiger partial charge on any atom is 0.337 e. The monoisotopic (exact) mass is 329 g/mol. The number of nitrogens with one attached hydrogen (secondary N) is 1. The minimum atomic E-state index is -3.85. The fourth-order valence-corrected chi connectivity index (χ4v) is 3.18. The second kappa shape index (κ2) is 5.74. The SMILES string of the molecule is CCn1nccc1S(=O)(=O)Nc1ccc(Cl)c(C(=O)O)c1. The fourth-order valence-electron chi connectivity index (χ4n) is 1.75. The molecule has 2 aromatic rings. The van der Waals surface area contributed by atoms with Crippen molar-refractivity contribution in [3.63, 3.8) is 0 Å². The molecule has 7 nitrogen and oxygen atoms in total. The first-order valence-corrected chi connectivity index (χ1v) is 7.78. The molecule has 1 heterocycles. The van der Waals surface area contributed by atoms with Gasteiger partial charge in [0.05, 0.1) is 16.8 Å². The largest absolute Gasteiger partial charge is 0.478 e. The van der Waals surface area contributed by atoms with Crippen LogP contribution < -0.4 is 4.72 Å². The summed E-state index contributed by atoms with van der Waals surface area (Å²) in [4.78, 5) is 11.0. The highest BCUT2D eigenvalue weighted by Gasteiger charge is 2.20. The van der Waals surface area contributed by atoms with Crippen LogP contribution in [0.2, 0.25) is 5.02 Å². The third-order valence-electron chi connectivity index (χ3n) is 2.70. The average molecular weight is 330 g/mol. The molecule has 0 aliphatic carbocycles. The maximum absolute atomic E-state index is 12.3. The summed E-state index contributed by atoms with van der Waals surface area (Å²) >= 11 is 5.74. The Morgan fingerprint density at radius 1 is 1.43 bits per heavy atom. The number of aromatic carboxylic acids is 1. The van der Waals surface area contributed by atoms with Gasteiger partial charge in [-0.2, -0.15) is 13.5 Å². The Kier molecular flexibility index (Phi) is 4.19. The third-order valence-corrected chi connectivity index (χ3v) is 4.43. The highest BCUT2D eigenvalue weighted by Crippen LogP contribution is 2.22. The number of aromatic nitrogens is 2. The molecule has 0 spiro atoms. The van der Waals surface area contributed by atoms with Gasteiger partial charge in [0, 0.05) is 12.2 Å². The quantitative estimate of drug-likeness (QED) is 0.874. The van der Waals surface area contributed by atoms with E-state index >= 15 is 0 Å². The van der Waals surface area contributed by atoms with Crippen LogP contribution in [-0.4, -0.2) is 29.3 Å². The number of anilines is 1. The van der Waals surface area contributed by atoms with Crippen LogP contribution in [0, 0.1) is 0 Å². The van der Waals surface area contributed by atoms with Crippen molar-refractivity contribution in [2.24, 2.45) is 0 Å². The number of hydrogen-bond donors (Lipinski definition) is 2. The summed E-state index contributed by atoms with van der Waals surface area (Å²) in [6.07, 6.45) is 1.38. The second-order valence-corrected chi connectivity index (χ2v) is 6.13. The molecule has 21 heavy (non-hydrogen) atoms. The Bertz CT molecular complexity index is 786. The van der Waals surface area contributed by atoms with E-state index in [4.69, 9.17) is 16.7 Å². The van der Waals surface area contributed by atoms with Crippen LogP contribution in [0.15, 0.2) is 35.5 Å². The first-order chi connectivity index (χ1) is 9.85. The van der Waals surface area contributed by atoms with Gasteiger partial charge in [0.15, 0.2) is 5.03 Å². The fraction of sp³-hybridized carbons (Fsp3) is 0.167. The van der Waals surface area contributed by atoms with Gasteiger partial charge in [-0.15, -0.1) is 0 Å². The Hall–Kier alpha value is -2.06. The van der Waals surface area contributed by atoms with E-state index in [0.29, 0.717) is 6.54 Å². The van der Waals surface area contributed by atoms with Crippen molar-refractivity contribution >= 4 is 33.3 Å². The van der Waals surface area contributed by atoms with Crippen LogP contribution in [0.3, 0.4) is 0 Å². The standard InChI is InChI=1S/C12H12ClN3O4S/c1-2-16-11(5-6-14-16)21(19,20)15-8-3-4-10(13)9(7-8)12(17)18/h3-7,15H,2H2,1H3,(H,17,18). The molecule has 9 heteroatoms. The molecule has 0 unspecified atom stereocenters. The lowest BCUT2D eigenvalue weighted by Crippen LogP contribution is -2.18. The van der Waals surface area contributed by atoms with E-state index in [0.717, 1.165) is 6.07 Å². The van der Waals surface area contributed by atoms with Crippen molar-refractivity contribution in [3.05, 3.63) is 41.0 Å². The first kappa shape index (κ1) is 15.3. The Balaban J connectivity index is 2.38. The van der Waals surface area contributed by atoms with Gasteiger partial charge in [-0.05, 0) is 31.2 Å². The summed E-state index contributed by atoms with van der Waals surface area (Å²) in [5, 5.41) is 12.9. The first-order valence-electron chi connectivity index (χ1n) is 5.92. The van der Waals surface area contributed by atoms with Gasteiger partial charge in [-0.1, -0.05) is 11.6 Å². The molecular weight excluding hydrogens is 318 g/mol. The number of carboxylic acid groups (broad SMARTS) is 1. The van der Waals surface area contributed by atoms with Crippen molar-refractivity contribution in [3.8, 4) is 0 Å². The maximum atomic E-state index is 12.3. The molecule has 112 valence electrons. The van der Waals surface area contributed by atoms with Crippen LogP contribution in [0.25, 0.3) is 0 Å². The molecule has 1 aromatic carbocycles. The summed E-state index contributed by atoms with van der Waals surface area (Å²) in [5.74, 6) is -1.24. The molecule has 1 aromatic heterocycles. The highest BCUT2D eigenvalue weighted by atomic mass is 35.5. The van der Waals surface area contributed by atoms with Crippen molar-refractivity contribution in [1.29, 1.82) is 0 Å². The number of aryl methyl sites for hydroxylation is 1. The van der Waals surface area contributed by atoms with Gasteiger partial charge in [0.1, 0.15) is 0 Å². The number of carboxylic acids is 1. The zero-order chi connectivity index (χ0) is 15.6. The van der Waals surface area contributed by atoms with E-state index < -0.39 is 16.0 Å². The third kappa shape index (κ3) is 3.17. The van der Waals surface area contributed by atoms with Crippen molar-refractivity contribution in [2.45, 2.75) is 18.5 Å². The summed E-state index contributed by atoms with van der Waals surface area (Å²) in [6.45, 7) is 2.15. The van der Waals surface area contributed by atoms with Crippen LogP contribution in [0.5, 0.6) is 0 Å². The molecule has 0 fully saturated rings. The molecule has 2 rings (SSSR count). The van der Waals surface area contributed by atoms with Crippen molar-refractivity contribution < 1.29 is 18.3 Å². The van der Waals surface area contributed by atoms with Crippen LogP contribution in [-0.2, 0) is 16.6 Å². The van der Waals surface area contributed by atoms with Gasteiger partial charge in [0.2, 0.25) is 0 Å². The molecule has 0 saturated carbocycles. The predicted molar refractivity (Wildman–Crippen MR) is 77.1 cm³/mol. The summed E-state index contributed by atoms with van der Waals surface area (Å²) in [7, 11) is -3.85. The molecule has 0 atom stereocenters. The number of sulfonamides is 1. The van der Waals surface area contributed by atoms with Gasteiger partial charge in [0.25, 0.3) is 10.0 Å². The second-order valence-electron chi connectivity index (χ2n) is 4.09. The van der Waals surface area contributed by atoms with E-state index in [9.17, 15) is 13.2 Å². The number of hydrogen-bond acceptors (Lipinski definition) is 4. The topological polar surface area (TPSA) is 101 Å². The minimum absolute atomic E-state index is 0.00294. The number of halogens is 1. The Morgan fingerprint density at radius 2 is 2.14 bits per heavy atom. The smallest absolute Gasteiger partial charge is 0.337 e. The molecule has 0 radical (unpaired) electrons. The average Bonchev–Trinajstić information content (AvgIpc) is 2.89. The Morgan fingerprint density at radius 3 is 2.76 bits per heavy atom. The predicted octanol–water partition coefficient (Wildman–Crippen LogP) is 2.06. The lowest BCUT2D eigenvalue weighted by molar-refractivity contribution is 0.0697. The van der Waals surface area contributed by atoms with Crippen molar-refractivity contribution in [2.75, 3.05) is 4.72 Å². The van der Waals surface area contributed by atoms with E-state index in [1.54, 1.807) is 6.92 Å². The van der Waals surface area contributed by atoms with Gasteiger partial charge in [-0.3, -0.25) is 9.40 Å². The van der Waals surface area contributed by atoms with Crippen LogP contribution >= 0.6 is 11.6 Å².